The maximum Gasteiger partial charge on any atom is 0.416 e. The van der Waals surface area contributed by atoms with Crippen molar-refractivity contribution in [3.8, 4) is 5.75 Å². The molecular formula is C36H52F3N5O6. The van der Waals surface area contributed by atoms with Gasteiger partial charge in [-0.3, -0.25) is 9.59 Å². The average Bonchev–Trinajstić information content (AvgIpc) is 3.05. The number of halogens is 3. The summed E-state index contributed by atoms with van der Waals surface area (Å²) in [6.45, 7) is 7.10. The van der Waals surface area contributed by atoms with Crippen molar-refractivity contribution in [2.45, 2.75) is 77.3 Å². The fourth-order valence-corrected chi connectivity index (χ4v) is 5.61. The van der Waals surface area contributed by atoms with Gasteiger partial charge in [0, 0.05) is 50.5 Å². The van der Waals surface area contributed by atoms with Gasteiger partial charge in [0.1, 0.15) is 5.75 Å². The summed E-state index contributed by atoms with van der Waals surface area (Å²) in [5.41, 5.74) is -0.275. The number of nitrogens with one attached hydrogen (secondary N) is 2. The Hall–Kier alpha value is -3.88. The Kier molecular flexibility index (Phi) is 15.3. The lowest BCUT2D eigenvalue weighted by atomic mass is 10.0. The number of carbonyl (C=O) groups is 3. The van der Waals surface area contributed by atoms with E-state index in [0.29, 0.717) is 31.7 Å². The van der Waals surface area contributed by atoms with E-state index < -0.39 is 29.7 Å². The molecule has 1 aliphatic rings. The first-order chi connectivity index (χ1) is 23.6. The van der Waals surface area contributed by atoms with Crippen molar-refractivity contribution in [2.75, 3.05) is 64.6 Å². The van der Waals surface area contributed by atoms with Crippen molar-refractivity contribution in [2.24, 2.45) is 5.92 Å². The standard InChI is InChI=1S/C36H52F3N5O6/c1-24-21-44(25(2)23-45)34(47)30-20-29(41-35(48)40-28-14-12-27(13-15-28)36(37,38)39)16-17-31(30)50-26(3)10-7-8-19-49-32(24)22-43(6)33(46)11-9-18-42(4)5/h12-17,20,24-26,32,45H,7-11,18-19,21-23H2,1-6H3,(H2,40,41,48)/t24-,25-,26-,32+/m1/s1. The molecule has 2 aromatic rings. The number of anilines is 2. The van der Waals surface area contributed by atoms with E-state index in [2.05, 4.69) is 10.6 Å². The molecule has 4 amide bonds. The van der Waals surface area contributed by atoms with Gasteiger partial charge in [-0.1, -0.05) is 6.92 Å². The van der Waals surface area contributed by atoms with Crippen LogP contribution in [-0.2, 0) is 15.7 Å². The smallest absolute Gasteiger partial charge is 0.416 e. The summed E-state index contributed by atoms with van der Waals surface area (Å²) in [6, 6.07) is 7.38. The predicted octanol–water partition coefficient (Wildman–Crippen LogP) is 5.95. The summed E-state index contributed by atoms with van der Waals surface area (Å²) in [5.74, 6) is -0.337. The zero-order chi connectivity index (χ0) is 37.0. The van der Waals surface area contributed by atoms with Gasteiger partial charge >= 0.3 is 12.2 Å². The van der Waals surface area contributed by atoms with E-state index in [1.807, 2.05) is 32.8 Å². The van der Waals surface area contributed by atoms with Gasteiger partial charge in [-0.15, -0.1) is 0 Å². The Morgan fingerprint density at radius 3 is 2.34 bits per heavy atom. The number of amides is 4. The van der Waals surface area contributed by atoms with Crippen LogP contribution in [0.2, 0.25) is 0 Å². The molecule has 3 N–H and O–H groups in total. The highest BCUT2D eigenvalue weighted by molar-refractivity contribution is 6.02. The van der Waals surface area contributed by atoms with Gasteiger partial charge in [0.05, 0.1) is 36.0 Å². The summed E-state index contributed by atoms with van der Waals surface area (Å²) in [4.78, 5) is 45.3. The number of nitrogens with zero attached hydrogens (tertiary/aromatic N) is 3. The molecular weight excluding hydrogens is 655 g/mol. The lowest BCUT2D eigenvalue weighted by Crippen LogP contribution is -2.48. The fraction of sp³-hybridized carbons (Fsp3) is 0.583. The number of benzene rings is 2. The summed E-state index contributed by atoms with van der Waals surface area (Å²) < 4.78 is 51.4. The zero-order valence-corrected chi connectivity index (χ0v) is 29.9. The minimum Gasteiger partial charge on any atom is -0.490 e. The van der Waals surface area contributed by atoms with Crippen LogP contribution in [0.4, 0.5) is 29.3 Å². The van der Waals surface area contributed by atoms with Crippen molar-refractivity contribution in [1.29, 1.82) is 0 Å². The molecule has 0 unspecified atom stereocenters. The molecule has 1 aliphatic heterocycles. The van der Waals surface area contributed by atoms with Gasteiger partial charge in [0.25, 0.3) is 5.91 Å². The van der Waals surface area contributed by atoms with Crippen LogP contribution in [0, 0.1) is 5.92 Å². The minimum atomic E-state index is -4.50. The van der Waals surface area contributed by atoms with Gasteiger partial charge in [0.2, 0.25) is 5.91 Å². The Morgan fingerprint density at radius 1 is 1.04 bits per heavy atom. The van der Waals surface area contributed by atoms with E-state index in [4.69, 9.17) is 9.47 Å². The molecule has 0 spiro atoms. The van der Waals surface area contributed by atoms with Crippen molar-refractivity contribution < 1.29 is 42.1 Å². The fourth-order valence-electron chi connectivity index (χ4n) is 5.61. The number of rotatable bonds is 10. The number of ether oxygens (including phenoxy) is 2. The number of carbonyl (C=O) groups excluding carboxylic acids is 3. The highest BCUT2D eigenvalue weighted by Gasteiger charge is 2.32. The Balaban J connectivity index is 1.86. The van der Waals surface area contributed by atoms with E-state index in [1.165, 1.54) is 6.07 Å². The van der Waals surface area contributed by atoms with Crippen molar-refractivity contribution in [3.05, 3.63) is 53.6 Å². The number of hydrogen-bond acceptors (Lipinski definition) is 7. The molecule has 0 saturated heterocycles. The van der Waals surface area contributed by atoms with Crippen LogP contribution >= 0.6 is 0 Å². The third-order valence-corrected chi connectivity index (χ3v) is 8.66. The average molecular weight is 708 g/mol. The predicted molar refractivity (Wildman–Crippen MR) is 186 cm³/mol. The third-order valence-electron chi connectivity index (χ3n) is 8.66. The van der Waals surface area contributed by atoms with Crippen LogP contribution < -0.4 is 15.4 Å². The molecule has 0 aromatic heterocycles. The molecule has 1 heterocycles. The van der Waals surface area contributed by atoms with Gasteiger partial charge < -0.3 is 39.9 Å². The van der Waals surface area contributed by atoms with Crippen molar-refractivity contribution in [3.63, 3.8) is 0 Å². The van der Waals surface area contributed by atoms with Gasteiger partial charge in [0.15, 0.2) is 0 Å². The molecule has 50 heavy (non-hydrogen) atoms. The topological polar surface area (TPSA) is 124 Å². The normalized spacial score (nSPS) is 19.9. The van der Waals surface area contributed by atoms with Crippen molar-refractivity contribution >= 4 is 29.2 Å². The minimum absolute atomic E-state index is 0.0148. The largest absolute Gasteiger partial charge is 0.490 e. The molecule has 0 fully saturated rings. The molecule has 278 valence electrons. The summed E-state index contributed by atoms with van der Waals surface area (Å²) in [6.07, 6.45) is -1.72. The Labute approximate surface area is 293 Å². The molecule has 2 aromatic carbocycles. The van der Waals surface area contributed by atoms with E-state index in [1.54, 1.807) is 35.9 Å². The first-order valence-corrected chi connectivity index (χ1v) is 17.1. The number of likely N-dealkylation sites (N-methyl/N-ethyl adjacent to an activating group) is 1. The first kappa shape index (κ1) is 40.5. The first-order valence-electron chi connectivity index (χ1n) is 17.1. The quantitative estimate of drug-likeness (QED) is 0.279. The van der Waals surface area contributed by atoms with E-state index in [0.717, 1.165) is 50.1 Å². The maximum atomic E-state index is 14.3. The van der Waals surface area contributed by atoms with E-state index >= 15 is 0 Å². The second kappa shape index (κ2) is 18.9. The highest BCUT2D eigenvalue weighted by Crippen LogP contribution is 2.31. The van der Waals surface area contributed by atoms with Crippen LogP contribution in [0.1, 0.15) is 68.8 Å². The molecule has 0 saturated carbocycles. The molecule has 4 atom stereocenters. The monoisotopic (exact) mass is 707 g/mol. The molecule has 3 rings (SSSR count). The molecule has 14 heteroatoms. The van der Waals surface area contributed by atoms with E-state index in [-0.39, 0.29) is 54.1 Å². The lowest BCUT2D eigenvalue weighted by Gasteiger charge is -2.36. The number of fused-ring (bicyclic) bond motifs is 1. The Bertz CT molecular complexity index is 1410. The summed E-state index contributed by atoms with van der Waals surface area (Å²) in [5, 5.41) is 15.3. The van der Waals surface area contributed by atoms with Crippen LogP contribution in [-0.4, -0.2) is 110 Å². The van der Waals surface area contributed by atoms with Gasteiger partial charge in [-0.05, 0) is 103 Å². The SMILES string of the molecule is C[C@@H]1CCCCO[C@@H](CN(C)C(=O)CCCN(C)C)[C@H](C)CN([C@H](C)CO)C(=O)c2cc(NC(=O)Nc3ccc(C(F)(F)F)cc3)ccc2O1. The zero-order valence-electron chi connectivity index (χ0n) is 29.9. The number of urea groups is 1. The number of hydrogen-bond donors (Lipinski definition) is 3. The maximum absolute atomic E-state index is 14.3. The Morgan fingerprint density at radius 2 is 1.70 bits per heavy atom. The van der Waals surface area contributed by atoms with Crippen LogP contribution in [0.25, 0.3) is 0 Å². The lowest BCUT2D eigenvalue weighted by molar-refractivity contribution is -0.137. The molecule has 0 radical (unpaired) electrons. The van der Waals surface area contributed by atoms with E-state index in [9.17, 15) is 32.7 Å². The van der Waals surface area contributed by atoms with Crippen molar-refractivity contribution in [1.82, 2.24) is 14.7 Å². The number of alkyl halides is 3. The highest BCUT2D eigenvalue weighted by atomic mass is 19.4. The molecule has 0 bridgehead atoms. The summed E-state index contributed by atoms with van der Waals surface area (Å²) >= 11 is 0. The van der Waals surface area contributed by atoms with Crippen LogP contribution in [0.5, 0.6) is 5.75 Å². The van der Waals surface area contributed by atoms with Crippen LogP contribution in [0.15, 0.2) is 42.5 Å². The molecule has 0 aliphatic carbocycles. The number of aliphatic hydroxyl groups is 1. The number of aliphatic hydroxyl groups excluding tert-OH is 1. The van der Waals surface area contributed by atoms with Gasteiger partial charge in [-0.2, -0.15) is 13.2 Å². The third kappa shape index (κ3) is 12.5. The second-order valence-electron chi connectivity index (χ2n) is 13.3. The summed E-state index contributed by atoms with van der Waals surface area (Å²) in [7, 11) is 5.69. The van der Waals surface area contributed by atoms with Crippen LogP contribution in [0.3, 0.4) is 0 Å². The molecule has 11 nitrogen and oxygen atoms in total. The second-order valence-corrected chi connectivity index (χ2v) is 13.3. The van der Waals surface area contributed by atoms with Gasteiger partial charge in [-0.25, -0.2) is 4.79 Å².